The lowest BCUT2D eigenvalue weighted by molar-refractivity contribution is 0.433. The quantitative estimate of drug-likeness (QED) is 0.888. The van der Waals surface area contributed by atoms with Crippen molar-refractivity contribution in [1.29, 1.82) is 0 Å². The maximum Gasteiger partial charge on any atom is 0.322 e. The monoisotopic (exact) mass is 261 g/mol. The van der Waals surface area contributed by atoms with Gasteiger partial charge in [-0.3, -0.25) is 4.68 Å². The Labute approximate surface area is 112 Å². The number of hydrogen-bond donors (Lipinski definition) is 1. The van der Waals surface area contributed by atoms with Crippen LogP contribution in [0, 0.1) is 13.8 Å². The standard InChI is InChI=1S/C13H19N5O/c1-5-14-6-11-7-15-13(16-8-11)19-12-9(2)17-18(4)10(12)3/h7-8,14H,5-6H2,1-4H3. The van der Waals surface area contributed by atoms with Crippen LogP contribution in [-0.4, -0.2) is 26.3 Å². The summed E-state index contributed by atoms with van der Waals surface area (Å²) in [6, 6.07) is 0.347. The van der Waals surface area contributed by atoms with Gasteiger partial charge in [0.2, 0.25) is 0 Å². The molecule has 2 aromatic rings. The third-order valence-corrected chi connectivity index (χ3v) is 2.90. The molecule has 102 valence electrons. The van der Waals surface area contributed by atoms with Crippen molar-refractivity contribution in [1.82, 2.24) is 25.1 Å². The summed E-state index contributed by atoms with van der Waals surface area (Å²) in [4.78, 5) is 8.42. The molecule has 0 unspecified atom stereocenters. The van der Waals surface area contributed by atoms with Crippen molar-refractivity contribution in [3.05, 3.63) is 29.3 Å². The number of ether oxygens (including phenoxy) is 1. The van der Waals surface area contributed by atoms with Crippen molar-refractivity contribution in [3.63, 3.8) is 0 Å². The molecule has 6 heteroatoms. The van der Waals surface area contributed by atoms with Crippen molar-refractivity contribution in [2.45, 2.75) is 27.3 Å². The highest BCUT2D eigenvalue weighted by molar-refractivity contribution is 5.33. The average Bonchev–Trinajstić information content (AvgIpc) is 2.64. The lowest BCUT2D eigenvalue weighted by Crippen LogP contribution is -2.12. The third-order valence-electron chi connectivity index (χ3n) is 2.90. The van der Waals surface area contributed by atoms with E-state index in [0.717, 1.165) is 35.8 Å². The molecule has 0 spiro atoms. The van der Waals surface area contributed by atoms with E-state index in [9.17, 15) is 0 Å². The predicted molar refractivity (Wildman–Crippen MR) is 72.2 cm³/mol. The normalized spacial score (nSPS) is 10.7. The highest BCUT2D eigenvalue weighted by atomic mass is 16.5. The predicted octanol–water partition coefficient (Wildman–Crippen LogP) is 1.73. The molecule has 2 heterocycles. The molecule has 0 bridgehead atoms. The smallest absolute Gasteiger partial charge is 0.322 e. The van der Waals surface area contributed by atoms with E-state index in [2.05, 4.69) is 27.3 Å². The second kappa shape index (κ2) is 5.79. The number of nitrogens with one attached hydrogen (secondary N) is 1. The highest BCUT2D eigenvalue weighted by Gasteiger charge is 2.12. The zero-order valence-corrected chi connectivity index (χ0v) is 11.8. The molecular weight excluding hydrogens is 242 g/mol. The summed E-state index contributed by atoms with van der Waals surface area (Å²) in [7, 11) is 1.88. The zero-order chi connectivity index (χ0) is 13.8. The van der Waals surface area contributed by atoms with Crippen LogP contribution in [0.4, 0.5) is 0 Å². The Bertz CT molecular complexity index is 547. The molecule has 0 aliphatic heterocycles. The molecule has 6 nitrogen and oxygen atoms in total. The molecule has 19 heavy (non-hydrogen) atoms. The largest absolute Gasteiger partial charge is 0.420 e. The first-order valence-corrected chi connectivity index (χ1v) is 6.31. The van der Waals surface area contributed by atoms with E-state index in [4.69, 9.17) is 4.74 Å². The van der Waals surface area contributed by atoms with Crippen LogP contribution < -0.4 is 10.1 Å². The van der Waals surface area contributed by atoms with E-state index in [1.165, 1.54) is 0 Å². The fourth-order valence-electron chi connectivity index (χ4n) is 1.75. The molecule has 0 saturated heterocycles. The summed E-state index contributed by atoms with van der Waals surface area (Å²) < 4.78 is 7.48. The van der Waals surface area contributed by atoms with Crippen LogP contribution in [-0.2, 0) is 13.6 Å². The molecule has 0 aromatic carbocycles. The van der Waals surface area contributed by atoms with Gasteiger partial charge in [-0.1, -0.05) is 6.92 Å². The van der Waals surface area contributed by atoms with Gasteiger partial charge in [-0.15, -0.1) is 0 Å². The summed E-state index contributed by atoms with van der Waals surface area (Å²) in [5.41, 5.74) is 2.83. The van der Waals surface area contributed by atoms with Crippen molar-refractivity contribution in [2.75, 3.05) is 6.54 Å². The Kier molecular flexibility index (Phi) is 4.11. The Morgan fingerprint density at radius 1 is 1.26 bits per heavy atom. The van der Waals surface area contributed by atoms with Gasteiger partial charge in [0.05, 0.1) is 5.69 Å². The molecule has 1 N–H and O–H groups in total. The molecule has 0 aliphatic rings. The molecule has 0 amide bonds. The van der Waals surface area contributed by atoms with E-state index in [0.29, 0.717) is 6.01 Å². The van der Waals surface area contributed by atoms with E-state index in [1.54, 1.807) is 17.1 Å². The first-order valence-electron chi connectivity index (χ1n) is 6.31. The van der Waals surface area contributed by atoms with E-state index < -0.39 is 0 Å². The first kappa shape index (κ1) is 13.5. The Balaban J connectivity index is 2.11. The lowest BCUT2D eigenvalue weighted by atomic mass is 10.3. The molecule has 2 rings (SSSR count). The van der Waals surface area contributed by atoms with Gasteiger partial charge in [0, 0.05) is 31.5 Å². The molecule has 0 radical (unpaired) electrons. The lowest BCUT2D eigenvalue weighted by Gasteiger charge is -2.05. The number of aryl methyl sites for hydroxylation is 2. The minimum Gasteiger partial charge on any atom is -0.420 e. The van der Waals surface area contributed by atoms with Crippen molar-refractivity contribution in [2.24, 2.45) is 7.05 Å². The molecule has 0 fully saturated rings. The van der Waals surface area contributed by atoms with E-state index in [-0.39, 0.29) is 0 Å². The zero-order valence-electron chi connectivity index (χ0n) is 11.8. The summed E-state index contributed by atoms with van der Waals surface area (Å²) in [6.07, 6.45) is 3.54. The van der Waals surface area contributed by atoms with Gasteiger partial charge in [-0.25, -0.2) is 9.97 Å². The fourth-order valence-corrected chi connectivity index (χ4v) is 1.75. The van der Waals surface area contributed by atoms with Gasteiger partial charge in [-0.2, -0.15) is 5.10 Å². The maximum atomic E-state index is 5.69. The summed E-state index contributed by atoms with van der Waals surface area (Å²) in [5, 5.41) is 7.51. The SMILES string of the molecule is CCNCc1cnc(Oc2c(C)nn(C)c2C)nc1. The van der Waals surface area contributed by atoms with Crippen molar-refractivity contribution < 1.29 is 4.74 Å². The second-order valence-electron chi connectivity index (χ2n) is 4.38. The molecular formula is C13H19N5O. The van der Waals surface area contributed by atoms with Crippen molar-refractivity contribution in [3.8, 4) is 11.8 Å². The van der Waals surface area contributed by atoms with Crippen molar-refractivity contribution >= 4 is 0 Å². The number of rotatable bonds is 5. The molecule has 2 aromatic heterocycles. The first-order chi connectivity index (χ1) is 9.11. The van der Waals surface area contributed by atoms with Crippen LogP contribution in [0.15, 0.2) is 12.4 Å². The summed E-state index contributed by atoms with van der Waals surface area (Å²) >= 11 is 0. The van der Waals surface area contributed by atoms with E-state index in [1.807, 2.05) is 20.9 Å². The van der Waals surface area contributed by atoms with Gasteiger partial charge in [0.15, 0.2) is 5.75 Å². The van der Waals surface area contributed by atoms with Gasteiger partial charge < -0.3 is 10.1 Å². The summed E-state index contributed by atoms with van der Waals surface area (Å²) in [6.45, 7) is 7.61. The van der Waals surface area contributed by atoms with Gasteiger partial charge in [-0.05, 0) is 20.4 Å². The Hall–Kier alpha value is -1.95. The minimum absolute atomic E-state index is 0.347. The number of nitrogens with zero attached hydrogens (tertiary/aromatic N) is 4. The second-order valence-corrected chi connectivity index (χ2v) is 4.38. The highest BCUT2D eigenvalue weighted by Crippen LogP contribution is 2.25. The van der Waals surface area contributed by atoms with Crippen LogP contribution >= 0.6 is 0 Å². The molecule has 0 saturated carbocycles. The topological polar surface area (TPSA) is 64.9 Å². The maximum absolute atomic E-state index is 5.69. The van der Waals surface area contributed by atoms with Gasteiger partial charge in [0.1, 0.15) is 5.69 Å². The third kappa shape index (κ3) is 3.08. The van der Waals surface area contributed by atoms with Crippen LogP contribution in [0.5, 0.6) is 11.8 Å². The molecule has 0 aliphatic carbocycles. The number of aromatic nitrogens is 4. The van der Waals surface area contributed by atoms with Crippen LogP contribution in [0.25, 0.3) is 0 Å². The van der Waals surface area contributed by atoms with Crippen LogP contribution in [0.2, 0.25) is 0 Å². The Morgan fingerprint density at radius 3 is 2.47 bits per heavy atom. The van der Waals surface area contributed by atoms with Crippen LogP contribution in [0.1, 0.15) is 23.9 Å². The van der Waals surface area contributed by atoms with Gasteiger partial charge >= 0.3 is 6.01 Å². The molecule has 0 atom stereocenters. The Morgan fingerprint density at radius 2 is 1.95 bits per heavy atom. The van der Waals surface area contributed by atoms with E-state index >= 15 is 0 Å². The minimum atomic E-state index is 0.347. The summed E-state index contributed by atoms with van der Waals surface area (Å²) in [5.74, 6) is 0.724. The van der Waals surface area contributed by atoms with Gasteiger partial charge in [0.25, 0.3) is 0 Å². The average molecular weight is 261 g/mol. The number of hydrogen-bond acceptors (Lipinski definition) is 5. The fraction of sp³-hybridized carbons (Fsp3) is 0.462. The van der Waals surface area contributed by atoms with Crippen LogP contribution in [0.3, 0.4) is 0 Å².